The molecule has 5 heteroatoms. The van der Waals surface area contributed by atoms with Gasteiger partial charge in [0.25, 0.3) is 0 Å². The molecule has 3 heterocycles. The maximum atomic E-state index is 6.35. The fraction of sp³-hybridized carbons (Fsp3) is 0. The molecule has 0 N–H and O–H groups in total. The number of hydrogen-bond donors (Lipinski definition) is 0. The molecule has 0 bridgehead atoms. The van der Waals surface area contributed by atoms with E-state index in [9.17, 15) is 0 Å². The van der Waals surface area contributed by atoms with Crippen molar-refractivity contribution in [3.05, 3.63) is 206 Å². The van der Waals surface area contributed by atoms with Gasteiger partial charge in [0.2, 0.25) is 0 Å². The number of thiophene rings is 1. The van der Waals surface area contributed by atoms with Crippen molar-refractivity contribution in [3.8, 4) is 44.0 Å². The van der Waals surface area contributed by atoms with E-state index in [2.05, 4.69) is 199 Å². The van der Waals surface area contributed by atoms with Crippen molar-refractivity contribution in [1.29, 1.82) is 0 Å². The summed E-state index contributed by atoms with van der Waals surface area (Å²) in [7, 11) is 0. The van der Waals surface area contributed by atoms with Gasteiger partial charge in [-0.2, -0.15) is 0 Å². The maximum absolute atomic E-state index is 6.35. The molecule has 0 aliphatic rings. The van der Waals surface area contributed by atoms with Gasteiger partial charge in [-0.05, 0) is 94.0 Å². The summed E-state index contributed by atoms with van der Waals surface area (Å²) in [6.07, 6.45) is 0. The second kappa shape index (κ2) is 14.2. The zero-order chi connectivity index (χ0) is 39.6. The molecule has 0 fully saturated rings. The van der Waals surface area contributed by atoms with Gasteiger partial charge in [-0.1, -0.05) is 140 Å². The number of para-hydroxylation sites is 1. The van der Waals surface area contributed by atoms with E-state index in [0.29, 0.717) is 0 Å². The standard InChI is InChI=1S/C55H34N2OS2/c1-3-9-35(10-4-1)37-15-17-40(18-16-37)55-56-49-33-48-47-29-23-41(31-52(47)59-53(48)34-54(49)60-55)39-21-26-43(27-22-39)57(42-24-19-38(20-25-42)36-11-5-2-6-12-36)44-28-30-46-45-13-7-8-14-50(45)58-51(46)32-44/h1-34H. The third-order valence-corrected chi connectivity index (χ3v) is 13.7. The van der Waals surface area contributed by atoms with Crippen molar-refractivity contribution in [2.75, 3.05) is 4.90 Å². The summed E-state index contributed by atoms with van der Waals surface area (Å²) in [6, 6.07) is 73.8. The fourth-order valence-corrected chi connectivity index (χ4v) is 10.7. The second-order valence-electron chi connectivity index (χ2n) is 15.2. The third kappa shape index (κ3) is 6.06. The Morgan fingerprint density at radius 1 is 0.333 bits per heavy atom. The average molecular weight is 803 g/mol. The van der Waals surface area contributed by atoms with Crippen LogP contribution in [0.15, 0.2) is 211 Å². The van der Waals surface area contributed by atoms with Gasteiger partial charge >= 0.3 is 0 Å². The largest absolute Gasteiger partial charge is 0.456 e. The van der Waals surface area contributed by atoms with Gasteiger partial charge in [0.15, 0.2) is 0 Å². The molecule has 0 radical (unpaired) electrons. The maximum Gasteiger partial charge on any atom is 0.137 e. The number of rotatable bonds is 7. The molecule has 0 saturated carbocycles. The number of anilines is 3. The molecular weight excluding hydrogens is 769 g/mol. The van der Waals surface area contributed by atoms with Crippen LogP contribution < -0.4 is 4.90 Å². The summed E-state index contributed by atoms with van der Waals surface area (Å²) < 4.78 is 10.1. The molecule has 3 nitrogen and oxygen atoms in total. The highest BCUT2D eigenvalue weighted by Crippen LogP contribution is 2.43. The van der Waals surface area contributed by atoms with Gasteiger partial charge in [-0.25, -0.2) is 4.98 Å². The molecule has 60 heavy (non-hydrogen) atoms. The molecule has 0 atom stereocenters. The Balaban J connectivity index is 0.868. The zero-order valence-corrected chi connectivity index (χ0v) is 33.9. The molecule has 0 saturated heterocycles. The van der Waals surface area contributed by atoms with Crippen molar-refractivity contribution in [2.45, 2.75) is 0 Å². The van der Waals surface area contributed by atoms with Crippen LogP contribution in [0, 0.1) is 0 Å². The number of thiazole rings is 1. The molecule has 0 aliphatic heterocycles. The molecule has 0 aliphatic carbocycles. The molecular formula is C55H34N2OS2. The molecule has 12 rings (SSSR count). The SMILES string of the molecule is c1ccc(-c2ccc(-c3nc4cc5c(cc4s3)sc3cc(-c4ccc(N(c6ccc(-c7ccccc7)cc6)c6ccc7c(c6)oc6ccccc67)cc4)ccc35)cc2)cc1. The Hall–Kier alpha value is -7.31. The van der Waals surface area contributed by atoms with Gasteiger partial charge in [0.1, 0.15) is 16.2 Å². The van der Waals surface area contributed by atoms with Crippen LogP contribution >= 0.6 is 22.7 Å². The molecule has 282 valence electrons. The highest BCUT2D eigenvalue weighted by atomic mass is 32.1. The Labute approximate surface area is 354 Å². The van der Waals surface area contributed by atoms with Crippen LogP contribution in [0.1, 0.15) is 0 Å². The summed E-state index contributed by atoms with van der Waals surface area (Å²) in [4.78, 5) is 7.42. The summed E-state index contributed by atoms with van der Waals surface area (Å²) in [5.41, 5.74) is 14.4. The third-order valence-electron chi connectivity index (χ3n) is 11.5. The average Bonchev–Trinajstić information content (AvgIpc) is 4.02. The number of aromatic nitrogens is 1. The lowest BCUT2D eigenvalue weighted by molar-refractivity contribution is 0.669. The minimum absolute atomic E-state index is 0.873. The first-order valence-corrected chi connectivity index (χ1v) is 21.7. The fourth-order valence-electron chi connectivity index (χ4n) is 8.47. The first-order valence-electron chi connectivity index (χ1n) is 20.1. The van der Waals surface area contributed by atoms with Crippen molar-refractivity contribution < 1.29 is 4.42 Å². The molecule has 3 aromatic heterocycles. The Kier molecular flexibility index (Phi) is 8.22. The Morgan fingerprint density at radius 2 is 0.850 bits per heavy atom. The number of fused-ring (bicyclic) bond motifs is 7. The molecule has 0 unspecified atom stereocenters. The van der Waals surface area contributed by atoms with Crippen LogP contribution in [-0.2, 0) is 0 Å². The smallest absolute Gasteiger partial charge is 0.137 e. The summed E-state index contributed by atoms with van der Waals surface area (Å²) >= 11 is 3.62. The molecule has 12 aromatic rings. The monoisotopic (exact) mass is 802 g/mol. The lowest BCUT2D eigenvalue weighted by Crippen LogP contribution is -2.09. The number of benzene rings is 9. The van der Waals surface area contributed by atoms with Crippen LogP contribution in [0.3, 0.4) is 0 Å². The van der Waals surface area contributed by atoms with E-state index >= 15 is 0 Å². The van der Waals surface area contributed by atoms with Gasteiger partial charge in [0, 0.05) is 59.6 Å². The van der Waals surface area contributed by atoms with E-state index in [1.54, 1.807) is 11.3 Å². The predicted molar refractivity (Wildman–Crippen MR) is 256 cm³/mol. The normalized spacial score (nSPS) is 11.7. The number of nitrogens with zero attached hydrogens (tertiary/aromatic N) is 2. The van der Waals surface area contributed by atoms with E-state index in [-0.39, 0.29) is 0 Å². The van der Waals surface area contributed by atoms with Crippen molar-refractivity contribution in [1.82, 2.24) is 4.98 Å². The second-order valence-corrected chi connectivity index (χ2v) is 17.3. The van der Waals surface area contributed by atoms with Crippen LogP contribution in [0.4, 0.5) is 17.1 Å². The first kappa shape index (κ1) is 34.7. The van der Waals surface area contributed by atoms with E-state index < -0.39 is 0 Å². The van der Waals surface area contributed by atoms with E-state index in [0.717, 1.165) is 55.1 Å². The quantitative estimate of drug-likeness (QED) is 0.161. The Morgan fingerprint density at radius 3 is 1.55 bits per heavy atom. The van der Waals surface area contributed by atoms with E-state index in [1.807, 2.05) is 23.5 Å². The zero-order valence-electron chi connectivity index (χ0n) is 32.2. The van der Waals surface area contributed by atoms with Crippen molar-refractivity contribution in [3.63, 3.8) is 0 Å². The van der Waals surface area contributed by atoms with Crippen molar-refractivity contribution in [2.24, 2.45) is 0 Å². The highest BCUT2D eigenvalue weighted by Gasteiger charge is 2.17. The summed E-state index contributed by atoms with van der Waals surface area (Å²) in [5, 5.41) is 5.83. The lowest BCUT2D eigenvalue weighted by atomic mass is 10.0. The lowest BCUT2D eigenvalue weighted by Gasteiger charge is -2.26. The molecule has 0 spiro atoms. The summed E-state index contributed by atoms with van der Waals surface area (Å²) in [5.74, 6) is 0. The number of furan rings is 1. The van der Waals surface area contributed by atoms with Crippen LogP contribution in [0.5, 0.6) is 0 Å². The van der Waals surface area contributed by atoms with Crippen LogP contribution in [-0.4, -0.2) is 4.98 Å². The van der Waals surface area contributed by atoms with Gasteiger partial charge in [0.05, 0.1) is 10.2 Å². The van der Waals surface area contributed by atoms with Crippen molar-refractivity contribution >= 4 is 92.1 Å². The number of hydrogen-bond acceptors (Lipinski definition) is 5. The highest BCUT2D eigenvalue weighted by molar-refractivity contribution is 7.26. The van der Waals surface area contributed by atoms with Gasteiger partial charge < -0.3 is 9.32 Å². The minimum Gasteiger partial charge on any atom is -0.456 e. The molecule has 0 amide bonds. The van der Waals surface area contributed by atoms with Gasteiger partial charge in [-0.3, -0.25) is 0 Å². The minimum atomic E-state index is 0.873. The topological polar surface area (TPSA) is 29.3 Å². The van der Waals surface area contributed by atoms with Crippen LogP contribution in [0.2, 0.25) is 0 Å². The van der Waals surface area contributed by atoms with E-state index in [1.165, 1.54) is 58.3 Å². The summed E-state index contributed by atoms with van der Waals surface area (Å²) in [6.45, 7) is 0. The predicted octanol–water partition coefficient (Wildman–Crippen LogP) is 16.7. The van der Waals surface area contributed by atoms with Crippen LogP contribution in [0.25, 0.3) is 96.3 Å². The van der Waals surface area contributed by atoms with Gasteiger partial charge in [-0.15, -0.1) is 22.7 Å². The van der Waals surface area contributed by atoms with E-state index in [4.69, 9.17) is 9.40 Å². The first-order chi connectivity index (χ1) is 29.7. The molecule has 9 aromatic carbocycles. The Bertz CT molecular complexity index is 3510.